The number of fused-ring (bicyclic) bond motifs is 1. The van der Waals surface area contributed by atoms with Gasteiger partial charge in [0, 0.05) is 16.9 Å². The molecule has 2 aromatic rings. The summed E-state index contributed by atoms with van der Waals surface area (Å²) < 4.78 is 27.1. The van der Waals surface area contributed by atoms with Crippen LogP contribution < -0.4 is 10.0 Å². The molecule has 7 nitrogen and oxygen atoms in total. The molecule has 0 fully saturated rings. The van der Waals surface area contributed by atoms with Crippen molar-refractivity contribution >= 4 is 33.1 Å². The van der Waals surface area contributed by atoms with Crippen LogP contribution in [-0.2, 0) is 21.4 Å². The van der Waals surface area contributed by atoms with Crippen molar-refractivity contribution in [3.8, 4) is 0 Å². The molecule has 2 heterocycles. The van der Waals surface area contributed by atoms with Crippen LogP contribution in [0.4, 0.5) is 0 Å². The maximum absolute atomic E-state index is 12.8. The third kappa shape index (κ3) is 5.02. The van der Waals surface area contributed by atoms with Crippen molar-refractivity contribution in [2.24, 2.45) is 4.99 Å². The zero-order valence-electron chi connectivity index (χ0n) is 16.8. The van der Waals surface area contributed by atoms with E-state index in [1.165, 1.54) is 6.07 Å². The number of hydrogen-bond acceptors (Lipinski definition) is 6. The SMILES string of the molecule is CCCCC(N=C1NS(=O)(=O)c2ccccc21)C(=O)NCc1csc(C(C)C)n1. The van der Waals surface area contributed by atoms with Crippen LogP contribution in [0, 0.1) is 0 Å². The minimum Gasteiger partial charge on any atom is -0.349 e. The van der Waals surface area contributed by atoms with Gasteiger partial charge in [-0.3, -0.25) is 14.5 Å². The number of aromatic nitrogens is 1. The standard InChI is InChI=1S/C20H26N4O3S2/c1-4-5-9-16(19(25)21-11-14-12-28-20(22-14)13(2)3)23-18-15-8-6-7-10-17(15)29(26,27)24-18/h6-8,10,12-13,16H,4-5,9,11H2,1-3H3,(H,21,25)(H,23,24). The third-order valence-electron chi connectivity index (χ3n) is 4.59. The number of rotatable bonds is 8. The molecule has 1 atom stereocenters. The molecule has 1 aromatic heterocycles. The molecule has 0 bridgehead atoms. The molecule has 0 aliphatic carbocycles. The quantitative estimate of drug-likeness (QED) is 0.666. The lowest BCUT2D eigenvalue weighted by Crippen LogP contribution is -2.35. The summed E-state index contributed by atoms with van der Waals surface area (Å²) in [7, 11) is -3.63. The maximum atomic E-state index is 12.8. The van der Waals surface area contributed by atoms with E-state index in [-0.39, 0.29) is 16.6 Å². The summed E-state index contributed by atoms with van der Waals surface area (Å²) in [6.45, 7) is 6.54. The highest BCUT2D eigenvalue weighted by atomic mass is 32.2. The van der Waals surface area contributed by atoms with Gasteiger partial charge in [-0.25, -0.2) is 13.4 Å². The largest absolute Gasteiger partial charge is 0.349 e. The molecule has 3 rings (SSSR count). The van der Waals surface area contributed by atoms with Gasteiger partial charge in [-0.15, -0.1) is 11.3 Å². The predicted octanol–water partition coefficient (Wildman–Crippen LogP) is 3.18. The van der Waals surface area contributed by atoms with Crippen LogP contribution in [0.25, 0.3) is 0 Å². The van der Waals surface area contributed by atoms with Crippen molar-refractivity contribution in [1.29, 1.82) is 0 Å². The van der Waals surface area contributed by atoms with Crippen LogP contribution in [-0.4, -0.2) is 31.2 Å². The molecular weight excluding hydrogens is 408 g/mol. The first-order valence-corrected chi connectivity index (χ1v) is 12.1. The van der Waals surface area contributed by atoms with Crippen molar-refractivity contribution in [2.45, 2.75) is 63.4 Å². The van der Waals surface area contributed by atoms with Crippen LogP contribution in [0.2, 0.25) is 0 Å². The van der Waals surface area contributed by atoms with Gasteiger partial charge in [0.2, 0.25) is 5.91 Å². The van der Waals surface area contributed by atoms with Gasteiger partial charge in [0.05, 0.1) is 22.1 Å². The van der Waals surface area contributed by atoms with E-state index < -0.39 is 16.1 Å². The molecule has 29 heavy (non-hydrogen) atoms. The first-order chi connectivity index (χ1) is 13.8. The Balaban J connectivity index is 1.77. The lowest BCUT2D eigenvalue weighted by molar-refractivity contribution is -0.122. The van der Waals surface area contributed by atoms with Gasteiger partial charge in [0.25, 0.3) is 10.0 Å². The van der Waals surface area contributed by atoms with Gasteiger partial charge in [-0.2, -0.15) is 0 Å². The molecule has 1 aromatic carbocycles. The van der Waals surface area contributed by atoms with Crippen LogP contribution >= 0.6 is 11.3 Å². The fourth-order valence-corrected chi connectivity index (χ4v) is 5.08. The lowest BCUT2D eigenvalue weighted by atomic mass is 10.1. The van der Waals surface area contributed by atoms with E-state index in [4.69, 9.17) is 0 Å². The van der Waals surface area contributed by atoms with Crippen LogP contribution in [0.1, 0.15) is 62.2 Å². The number of thiazole rings is 1. The zero-order chi connectivity index (χ0) is 21.0. The van der Waals surface area contributed by atoms with Gasteiger partial charge in [-0.05, 0) is 18.6 Å². The Hall–Kier alpha value is -2.26. The number of sulfonamides is 1. The van der Waals surface area contributed by atoms with Gasteiger partial charge < -0.3 is 5.32 Å². The number of hydrogen-bond donors (Lipinski definition) is 2. The zero-order valence-corrected chi connectivity index (χ0v) is 18.4. The van der Waals surface area contributed by atoms with Crippen molar-refractivity contribution in [3.63, 3.8) is 0 Å². The highest BCUT2D eigenvalue weighted by Crippen LogP contribution is 2.23. The van der Waals surface area contributed by atoms with Crippen LogP contribution in [0.3, 0.4) is 0 Å². The molecule has 9 heteroatoms. The lowest BCUT2D eigenvalue weighted by Gasteiger charge is -2.13. The van der Waals surface area contributed by atoms with Gasteiger partial charge in [-0.1, -0.05) is 45.7 Å². The van der Waals surface area contributed by atoms with Gasteiger partial charge in [0.15, 0.2) is 0 Å². The number of unbranched alkanes of at least 4 members (excludes halogenated alkanes) is 1. The summed E-state index contributed by atoms with van der Waals surface area (Å²) in [5.41, 5.74) is 1.32. The number of nitrogens with one attached hydrogen (secondary N) is 2. The number of amides is 1. The molecule has 1 amide bonds. The molecule has 0 saturated carbocycles. The Morgan fingerprint density at radius 3 is 2.76 bits per heavy atom. The average molecular weight is 435 g/mol. The molecule has 0 saturated heterocycles. The number of nitrogens with zero attached hydrogens (tertiary/aromatic N) is 2. The highest BCUT2D eigenvalue weighted by molar-refractivity contribution is 7.90. The summed E-state index contributed by atoms with van der Waals surface area (Å²) in [4.78, 5) is 22.0. The summed E-state index contributed by atoms with van der Waals surface area (Å²) in [5.74, 6) is 0.352. The second kappa shape index (κ2) is 9.04. The molecule has 2 N–H and O–H groups in total. The Morgan fingerprint density at radius 1 is 1.31 bits per heavy atom. The smallest absolute Gasteiger partial charge is 0.263 e. The minimum atomic E-state index is -3.63. The Bertz CT molecular complexity index is 1010. The van der Waals surface area contributed by atoms with E-state index in [2.05, 4.69) is 33.9 Å². The van der Waals surface area contributed by atoms with E-state index in [9.17, 15) is 13.2 Å². The monoisotopic (exact) mass is 434 g/mol. The fourth-order valence-electron chi connectivity index (χ4n) is 3.00. The predicted molar refractivity (Wildman–Crippen MR) is 115 cm³/mol. The Kier molecular flexibility index (Phi) is 6.69. The van der Waals surface area contributed by atoms with E-state index in [0.717, 1.165) is 23.5 Å². The Labute approximate surface area is 175 Å². The molecule has 0 radical (unpaired) electrons. The van der Waals surface area contributed by atoms with E-state index in [0.29, 0.717) is 24.4 Å². The topological polar surface area (TPSA) is 101 Å². The first-order valence-electron chi connectivity index (χ1n) is 9.74. The summed E-state index contributed by atoms with van der Waals surface area (Å²) in [5, 5.41) is 5.88. The molecule has 1 unspecified atom stereocenters. The first kappa shape index (κ1) is 21.4. The summed E-state index contributed by atoms with van der Waals surface area (Å²) >= 11 is 1.58. The van der Waals surface area contributed by atoms with E-state index in [1.807, 2.05) is 12.3 Å². The number of carbonyl (C=O) groups excluding carboxylic acids is 1. The molecule has 1 aliphatic rings. The molecular formula is C20H26N4O3S2. The average Bonchev–Trinajstić information content (AvgIpc) is 3.26. The molecule has 0 spiro atoms. The second-order valence-corrected chi connectivity index (χ2v) is 9.83. The second-order valence-electron chi connectivity index (χ2n) is 7.29. The van der Waals surface area contributed by atoms with Crippen molar-refractivity contribution in [3.05, 3.63) is 45.9 Å². The number of carbonyl (C=O) groups is 1. The van der Waals surface area contributed by atoms with E-state index >= 15 is 0 Å². The highest BCUT2D eigenvalue weighted by Gasteiger charge is 2.31. The number of benzene rings is 1. The maximum Gasteiger partial charge on any atom is 0.263 e. The van der Waals surface area contributed by atoms with Gasteiger partial charge >= 0.3 is 0 Å². The van der Waals surface area contributed by atoms with Crippen molar-refractivity contribution in [2.75, 3.05) is 0 Å². The normalized spacial score (nSPS) is 17.2. The molecule has 1 aliphatic heterocycles. The Morgan fingerprint density at radius 2 is 2.07 bits per heavy atom. The summed E-state index contributed by atoms with van der Waals surface area (Å²) in [6.07, 6.45) is 2.28. The number of amidine groups is 1. The summed E-state index contributed by atoms with van der Waals surface area (Å²) in [6, 6.07) is 6.00. The minimum absolute atomic E-state index is 0.192. The van der Waals surface area contributed by atoms with Crippen molar-refractivity contribution < 1.29 is 13.2 Å². The molecule has 156 valence electrons. The fraction of sp³-hybridized carbons (Fsp3) is 0.450. The third-order valence-corrected chi connectivity index (χ3v) is 7.18. The number of aliphatic imine (C=N–C) groups is 1. The van der Waals surface area contributed by atoms with Crippen LogP contribution in [0.15, 0.2) is 39.5 Å². The van der Waals surface area contributed by atoms with Gasteiger partial charge in [0.1, 0.15) is 11.9 Å². The van der Waals surface area contributed by atoms with Crippen molar-refractivity contribution in [1.82, 2.24) is 15.0 Å². The van der Waals surface area contributed by atoms with E-state index in [1.54, 1.807) is 29.5 Å². The van der Waals surface area contributed by atoms with Crippen LogP contribution in [0.5, 0.6) is 0 Å².